The minimum atomic E-state index is -5.35. The van der Waals surface area contributed by atoms with Crippen LogP contribution in [0, 0.1) is 21.7 Å². The predicted octanol–water partition coefficient (Wildman–Crippen LogP) is 5.01. The van der Waals surface area contributed by atoms with E-state index < -0.39 is 99.4 Å². The lowest BCUT2D eigenvalue weighted by molar-refractivity contribution is -0.163. The maximum absolute atomic E-state index is 14.5. The van der Waals surface area contributed by atoms with Gasteiger partial charge in [-0.05, 0) is 96.1 Å². The minimum Gasteiger partial charge on any atom is -0.438 e. The molecule has 0 rings (SSSR count). The summed E-state index contributed by atoms with van der Waals surface area (Å²) in [5.41, 5.74) is 1.54. The largest absolute Gasteiger partial charge is 0.438 e. The van der Waals surface area contributed by atoms with Gasteiger partial charge in [-0.15, -0.1) is 0 Å². The first-order valence-electron chi connectivity index (χ1n) is 14.5. The Morgan fingerprint density at radius 3 is 0.913 bits per heavy atom. The predicted molar refractivity (Wildman–Crippen MR) is 164 cm³/mol. The zero-order valence-corrected chi connectivity index (χ0v) is 30.9. The topological polar surface area (TPSA) is 223 Å². The van der Waals surface area contributed by atoms with E-state index in [-0.39, 0.29) is 13.0 Å². The summed E-state index contributed by atoms with van der Waals surface area (Å²) in [7, 11) is -10.7. The Bertz CT molecular complexity index is 990. The van der Waals surface area contributed by atoms with Gasteiger partial charge in [0.25, 0.3) is 5.08 Å². The third-order valence-corrected chi connectivity index (χ3v) is 11.1. The van der Waals surface area contributed by atoms with Crippen LogP contribution in [0.4, 0.5) is 0 Å². The van der Waals surface area contributed by atoms with Gasteiger partial charge in [-0.3, -0.25) is 46.4 Å². The van der Waals surface area contributed by atoms with Crippen LogP contribution in [0.1, 0.15) is 95.9 Å². The average Bonchev–Trinajstić information content (AvgIpc) is 2.89. The van der Waals surface area contributed by atoms with Gasteiger partial charge in [-0.1, -0.05) is 0 Å². The fourth-order valence-corrected chi connectivity index (χ4v) is 7.21. The Hall–Kier alpha value is -1.90. The molecule has 0 aliphatic rings. The zero-order chi connectivity index (χ0) is 36.4. The van der Waals surface area contributed by atoms with Crippen LogP contribution in [-0.2, 0) is 65.4 Å². The molecule has 0 aromatic carbocycles. The van der Waals surface area contributed by atoms with Crippen molar-refractivity contribution in [3.63, 3.8) is 0 Å². The molecule has 3 N–H and O–H groups in total. The number of esters is 4. The first kappa shape index (κ1) is 44.1. The highest BCUT2D eigenvalue weighted by molar-refractivity contribution is 7.73. The van der Waals surface area contributed by atoms with Gasteiger partial charge >= 0.3 is 39.1 Å². The van der Waals surface area contributed by atoms with Gasteiger partial charge in [0.15, 0.2) is 0 Å². The molecule has 270 valence electrons. The lowest BCUT2D eigenvalue weighted by atomic mass is 9.98. The third kappa shape index (κ3) is 13.3. The fraction of sp³-hybridized carbons (Fsp3) is 0.857. The Morgan fingerprint density at radius 2 is 0.739 bits per heavy atom. The van der Waals surface area contributed by atoms with E-state index in [1.807, 2.05) is 0 Å². The molecular weight excluding hydrogens is 652 g/mol. The zero-order valence-electron chi connectivity index (χ0n) is 29.1. The van der Waals surface area contributed by atoms with Crippen molar-refractivity contribution in [2.45, 2.75) is 101 Å². The van der Waals surface area contributed by atoms with E-state index in [9.17, 15) is 33.4 Å². The second-order valence-corrected chi connectivity index (χ2v) is 19.2. The van der Waals surface area contributed by atoms with Crippen LogP contribution in [0.15, 0.2) is 0 Å². The van der Waals surface area contributed by atoms with Gasteiger partial charge in [0.1, 0.15) is 0 Å². The Kier molecular flexibility index (Phi) is 16.3. The van der Waals surface area contributed by atoms with Gasteiger partial charge in [0, 0.05) is 6.42 Å². The molecule has 46 heavy (non-hydrogen) atoms. The van der Waals surface area contributed by atoms with E-state index in [4.69, 9.17) is 42.8 Å². The molecule has 0 bridgehead atoms. The van der Waals surface area contributed by atoms with Crippen LogP contribution in [0.3, 0.4) is 0 Å². The van der Waals surface area contributed by atoms with E-state index in [0.29, 0.717) is 0 Å². The van der Waals surface area contributed by atoms with Crippen LogP contribution in [0.2, 0.25) is 0 Å². The number of hydrogen-bond donors (Lipinski definition) is 2. The van der Waals surface area contributed by atoms with E-state index in [2.05, 4.69) is 0 Å². The lowest BCUT2D eigenvalue weighted by Crippen LogP contribution is -2.36. The van der Waals surface area contributed by atoms with Crippen molar-refractivity contribution in [1.82, 2.24) is 0 Å². The Balaban J connectivity index is 6.87. The number of aliphatic hydroxyl groups is 1. The molecule has 0 saturated heterocycles. The minimum absolute atomic E-state index is 0.154. The van der Waals surface area contributed by atoms with Crippen LogP contribution in [0.5, 0.6) is 0 Å². The smallest absolute Gasteiger partial charge is 0.380 e. The summed E-state index contributed by atoms with van der Waals surface area (Å²) in [6.45, 7) is 13.8. The maximum Gasteiger partial charge on any atom is 0.380 e. The first-order valence-corrected chi connectivity index (χ1v) is 17.6. The molecule has 0 unspecified atom stereocenters. The van der Waals surface area contributed by atoms with Crippen molar-refractivity contribution in [3.8, 4) is 0 Å². The molecule has 0 fully saturated rings. The summed E-state index contributed by atoms with van der Waals surface area (Å²) < 4.78 is 70.3. The second-order valence-electron chi connectivity index (χ2n) is 14.4. The summed E-state index contributed by atoms with van der Waals surface area (Å²) in [6.07, 6.45) is -0.962. The van der Waals surface area contributed by atoms with E-state index in [1.54, 1.807) is 0 Å². The molecule has 0 heterocycles. The van der Waals surface area contributed by atoms with Gasteiger partial charge in [0.2, 0.25) is 27.2 Å². The maximum atomic E-state index is 14.5. The highest BCUT2D eigenvalue weighted by atomic mass is 31.2. The standard InChI is InChI=1S/C28H53NO15P2/c1-24(2,3)20(30)37-16-41-45(35,42-17-38-21(31)25(4,5)6)28(34,14-13-15-29)46(36,43-18-39-22(32)26(7,8)9)44-19-40-23(33)27(10,11)12/h34H,13-19,29H2,1-12H3. The fourth-order valence-electron chi connectivity index (χ4n) is 2.71. The molecule has 0 aliphatic heterocycles. The Labute approximate surface area is 271 Å². The first-order chi connectivity index (χ1) is 20.6. The highest BCUT2D eigenvalue weighted by Crippen LogP contribution is 2.78. The molecule has 0 saturated carbocycles. The normalized spacial score (nSPS) is 13.6. The van der Waals surface area contributed by atoms with Gasteiger partial charge in [-0.25, -0.2) is 0 Å². The molecule has 0 amide bonds. The molecule has 18 heteroatoms. The monoisotopic (exact) mass is 705 g/mol. The van der Waals surface area contributed by atoms with Crippen molar-refractivity contribution in [3.05, 3.63) is 0 Å². The molecule has 0 aliphatic carbocycles. The molecule has 0 aromatic heterocycles. The average molecular weight is 706 g/mol. The van der Waals surface area contributed by atoms with Crippen LogP contribution >= 0.6 is 15.2 Å². The molecule has 16 nitrogen and oxygen atoms in total. The van der Waals surface area contributed by atoms with Crippen LogP contribution < -0.4 is 5.73 Å². The van der Waals surface area contributed by atoms with Gasteiger partial charge < -0.3 is 29.8 Å². The van der Waals surface area contributed by atoms with Gasteiger partial charge in [-0.2, -0.15) is 0 Å². The van der Waals surface area contributed by atoms with Crippen molar-refractivity contribution >= 4 is 39.1 Å². The van der Waals surface area contributed by atoms with Gasteiger partial charge in [0.05, 0.1) is 21.7 Å². The van der Waals surface area contributed by atoms with E-state index in [1.165, 1.54) is 83.1 Å². The summed E-state index contributed by atoms with van der Waals surface area (Å²) in [4.78, 5) is 49.5. The summed E-state index contributed by atoms with van der Waals surface area (Å²) in [6, 6.07) is 0. The molecule has 0 radical (unpaired) electrons. The highest BCUT2D eigenvalue weighted by Gasteiger charge is 2.65. The summed E-state index contributed by atoms with van der Waals surface area (Å²) in [5.74, 6) is -3.21. The number of carbonyl (C=O) groups excluding carboxylic acids is 4. The summed E-state index contributed by atoms with van der Waals surface area (Å²) >= 11 is 0. The van der Waals surface area contributed by atoms with E-state index in [0.717, 1.165) is 0 Å². The third-order valence-electron chi connectivity index (χ3n) is 5.69. The van der Waals surface area contributed by atoms with Crippen molar-refractivity contribution < 1.29 is 70.5 Å². The number of hydrogen-bond acceptors (Lipinski definition) is 16. The second kappa shape index (κ2) is 17.0. The number of carbonyl (C=O) groups is 4. The van der Waals surface area contributed by atoms with Crippen molar-refractivity contribution in [1.29, 1.82) is 0 Å². The van der Waals surface area contributed by atoms with Crippen molar-refractivity contribution in [2.24, 2.45) is 27.4 Å². The Morgan fingerprint density at radius 1 is 0.522 bits per heavy atom. The molecular formula is C28H53NO15P2. The van der Waals surface area contributed by atoms with E-state index >= 15 is 0 Å². The molecule has 0 atom stereocenters. The SMILES string of the molecule is CC(C)(C)C(=O)OCOP(=O)(OCOC(=O)C(C)(C)C)C(O)(CCCN)P(=O)(OCOC(=O)C(C)(C)C)OCOC(=O)C(C)(C)C. The molecule has 0 aromatic rings. The lowest BCUT2D eigenvalue weighted by Gasteiger charge is -2.38. The number of ether oxygens (including phenoxy) is 4. The van der Waals surface area contributed by atoms with Crippen LogP contribution in [0.25, 0.3) is 0 Å². The van der Waals surface area contributed by atoms with Crippen molar-refractivity contribution in [2.75, 3.05) is 33.7 Å². The number of rotatable bonds is 17. The summed E-state index contributed by atoms with van der Waals surface area (Å²) in [5, 5.41) is 8.75. The van der Waals surface area contributed by atoms with Crippen LogP contribution in [-0.4, -0.2) is 67.8 Å². The quantitative estimate of drug-likeness (QED) is 0.0878. The molecule has 0 spiro atoms. The number of nitrogens with two attached hydrogens (primary N) is 1.